The molecular formula is C24H17ClN2O3. The molecule has 0 spiro atoms. The number of nitrogens with zero attached hydrogens (tertiary/aromatic N) is 2. The molecule has 6 heteroatoms. The van der Waals surface area contributed by atoms with E-state index in [2.05, 4.69) is 5.10 Å². The lowest BCUT2D eigenvalue weighted by molar-refractivity contribution is 0.0735. The first-order valence-corrected chi connectivity index (χ1v) is 9.63. The van der Waals surface area contributed by atoms with Gasteiger partial charge in [-0.25, -0.2) is 9.48 Å². The Morgan fingerprint density at radius 1 is 0.900 bits per heavy atom. The summed E-state index contributed by atoms with van der Waals surface area (Å²) >= 11 is 6.00. The third kappa shape index (κ3) is 4.16. The SMILES string of the molecule is CC(=O)c1ccc(OC(=O)c2cn(-c3ccccc3)nc2-c2ccc(Cl)cc2)cc1. The van der Waals surface area contributed by atoms with Gasteiger partial charge in [0.2, 0.25) is 0 Å². The number of hydrogen-bond acceptors (Lipinski definition) is 4. The normalized spacial score (nSPS) is 10.6. The largest absolute Gasteiger partial charge is 0.423 e. The first kappa shape index (κ1) is 19.6. The van der Waals surface area contributed by atoms with Gasteiger partial charge in [-0.2, -0.15) is 5.10 Å². The lowest BCUT2D eigenvalue weighted by Crippen LogP contribution is -2.09. The van der Waals surface area contributed by atoms with Crippen molar-refractivity contribution in [3.05, 3.63) is 101 Å². The van der Waals surface area contributed by atoms with E-state index < -0.39 is 5.97 Å². The summed E-state index contributed by atoms with van der Waals surface area (Å²) in [6, 6.07) is 23.0. The van der Waals surface area contributed by atoms with Crippen LogP contribution in [-0.2, 0) is 0 Å². The van der Waals surface area contributed by atoms with Crippen LogP contribution in [0.2, 0.25) is 5.02 Å². The Hall–Kier alpha value is -3.70. The molecule has 0 aliphatic carbocycles. The fourth-order valence-electron chi connectivity index (χ4n) is 2.98. The average Bonchev–Trinajstić information content (AvgIpc) is 3.21. The van der Waals surface area contributed by atoms with Gasteiger partial charge in [-0.05, 0) is 55.5 Å². The van der Waals surface area contributed by atoms with Crippen molar-refractivity contribution in [2.75, 3.05) is 0 Å². The van der Waals surface area contributed by atoms with Crippen LogP contribution in [0.3, 0.4) is 0 Å². The van der Waals surface area contributed by atoms with Crippen molar-refractivity contribution in [1.82, 2.24) is 9.78 Å². The zero-order valence-corrected chi connectivity index (χ0v) is 16.8. The number of para-hydroxylation sites is 1. The van der Waals surface area contributed by atoms with Crippen molar-refractivity contribution in [2.45, 2.75) is 6.92 Å². The molecule has 0 saturated carbocycles. The first-order valence-electron chi connectivity index (χ1n) is 9.25. The number of carbonyl (C=O) groups excluding carboxylic acids is 2. The topological polar surface area (TPSA) is 61.2 Å². The van der Waals surface area contributed by atoms with Crippen molar-refractivity contribution >= 4 is 23.4 Å². The lowest BCUT2D eigenvalue weighted by Gasteiger charge is -2.05. The molecule has 30 heavy (non-hydrogen) atoms. The predicted octanol–water partition coefficient (Wildman–Crippen LogP) is 5.61. The molecule has 1 aromatic heterocycles. The fraction of sp³-hybridized carbons (Fsp3) is 0.0417. The molecule has 0 unspecified atom stereocenters. The summed E-state index contributed by atoms with van der Waals surface area (Å²) in [6.07, 6.45) is 1.64. The summed E-state index contributed by atoms with van der Waals surface area (Å²) in [7, 11) is 0. The summed E-state index contributed by atoms with van der Waals surface area (Å²) < 4.78 is 7.18. The predicted molar refractivity (Wildman–Crippen MR) is 115 cm³/mol. The maximum absolute atomic E-state index is 13.0. The van der Waals surface area contributed by atoms with Gasteiger partial charge < -0.3 is 4.74 Å². The van der Waals surface area contributed by atoms with Crippen LogP contribution < -0.4 is 4.74 Å². The lowest BCUT2D eigenvalue weighted by atomic mass is 10.1. The minimum Gasteiger partial charge on any atom is -0.423 e. The number of ketones is 1. The van der Waals surface area contributed by atoms with Gasteiger partial charge in [0.1, 0.15) is 17.0 Å². The zero-order valence-electron chi connectivity index (χ0n) is 16.1. The Kier molecular flexibility index (Phi) is 5.46. The molecule has 1 heterocycles. The van der Waals surface area contributed by atoms with Crippen molar-refractivity contribution in [3.63, 3.8) is 0 Å². The minimum atomic E-state index is -0.544. The van der Waals surface area contributed by atoms with Crippen LogP contribution >= 0.6 is 11.6 Å². The van der Waals surface area contributed by atoms with Gasteiger partial charge >= 0.3 is 5.97 Å². The molecule has 0 saturated heterocycles. The van der Waals surface area contributed by atoms with Crippen LogP contribution in [0, 0.1) is 0 Å². The van der Waals surface area contributed by atoms with E-state index >= 15 is 0 Å². The Morgan fingerprint density at radius 2 is 1.57 bits per heavy atom. The Labute approximate surface area is 178 Å². The molecule has 5 nitrogen and oxygen atoms in total. The van der Waals surface area contributed by atoms with Crippen molar-refractivity contribution < 1.29 is 14.3 Å². The zero-order chi connectivity index (χ0) is 21.1. The molecule has 3 aromatic carbocycles. The minimum absolute atomic E-state index is 0.0537. The third-order valence-electron chi connectivity index (χ3n) is 4.54. The Balaban J connectivity index is 1.71. The first-order chi connectivity index (χ1) is 14.5. The second kappa shape index (κ2) is 8.35. The average molecular weight is 417 g/mol. The van der Waals surface area contributed by atoms with E-state index in [9.17, 15) is 9.59 Å². The highest BCUT2D eigenvalue weighted by atomic mass is 35.5. The van der Waals surface area contributed by atoms with Crippen LogP contribution in [0.5, 0.6) is 5.75 Å². The maximum Gasteiger partial charge on any atom is 0.347 e. The van der Waals surface area contributed by atoms with Crippen LogP contribution in [0.15, 0.2) is 85.1 Å². The van der Waals surface area contributed by atoms with E-state index in [0.29, 0.717) is 27.6 Å². The van der Waals surface area contributed by atoms with Gasteiger partial charge in [0, 0.05) is 22.3 Å². The number of hydrogen-bond donors (Lipinski definition) is 0. The van der Waals surface area contributed by atoms with E-state index in [-0.39, 0.29) is 5.78 Å². The summed E-state index contributed by atoms with van der Waals surface area (Å²) in [5.74, 6) is -0.251. The van der Waals surface area contributed by atoms with Crippen molar-refractivity contribution in [3.8, 4) is 22.7 Å². The highest BCUT2D eigenvalue weighted by molar-refractivity contribution is 6.30. The van der Waals surface area contributed by atoms with E-state index in [1.807, 2.05) is 30.3 Å². The van der Waals surface area contributed by atoms with Crippen LogP contribution in [0.25, 0.3) is 16.9 Å². The monoisotopic (exact) mass is 416 g/mol. The maximum atomic E-state index is 13.0. The molecule has 0 radical (unpaired) electrons. The smallest absolute Gasteiger partial charge is 0.347 e. The summed E-state index contributed by atoms with van der Waals surface area (Å²) in [4.78, 5) is 24.4. The number of rotatable bonds is 5. The number of Topliss-reactive ketones (excluding diaryl/α,β-unsaturated/α-hetero) is 1. The number of ether oxygens (including phenoxy) is 1. The number of benzene rings is 3. The molecule has 4 aromatic rings. The van der Waals surface area contributed by atoms with Crippen LogP contribution in [0.4, 0.5) is 0 Å². The fourth-order valence-corrected chi connectivity index (χ4v) is 3.10. The van der Waals surface area contributed by atoms with Crippen molar-refractivity contribution in [1.29, 1.82) is 0 Å². The highest BCUT2D eigenvalue weighted by Gasteiger charge is 2.21. The summed E-state index contributed by atoms with van der Waals surface area (Å²) in [5, 5.41) is 5.20. The van der Waals surface area contributed by atoms with Gasteiger partial charge in [-0.15, -0.1) is 0 Å². The highest BCUT2D eigenvalue weighted by Crippen LogP contribution is 2.26. The molecule has 148 valence electrons. The molecule has 0 bridgehead atoms. The van der Waals surface area contributed by atoms with Crippen LogP contribution in [0.1, 0.15) is 27.6 Å². The summed E-state index contributed by atoms with van der Waals surface area (Å²) in [5.41, 5.74) is 2.91. The van der Waals surface area contributed by atoms with E-state index in [1.165, 1.54) is 6.92 Å². The molecular weight excluding hydrogens is 400 g/mol. The van der Waals surface area contributed by atoms with Gasteiger partial charge in [-0.3, -0.25) is 4.79 Å². The molecule has 0 aliphatic rings. The quantitative estimate of drug-likeness (QED) is 0.241. The molecule has 0 aliphatic heterocycles. The Bertz CT molecular complexity index is 1200. The van der Waals surface area contributed by atoms with Gasteiger partial charge in [-0.1, -0.05) is 41.9 Å². The molecule has 0 N–H and O–H groups in total. The second-order valence-electron chi connectivity index (χ2n) is 6.65. The van der Waals surface area contributed by atoms with Gasteiger partial charge in [0.05, 0.1) is 5.69 Å². The van der Waals surface area contributed by atoms with Gasteiger partial charge in [0.15, 0.2) is 5.78 Å². The third-order valence-corrected chi connectivity index (χ3v) is 4.80. The number of esters is 1. The summed E-state index contributed by atoms with van der Waals surface area (Å²) in [6.45, 7) is 1.48. The Morgan fingerprint density at radius 3 is 2.20 bits per heavy atom. The molecule has 0 amide bonds. The van der Waals surface area contributed by atoms with Gasteiger partial charge in [0.25, 0.3) is 0 Å². The van der Waals surface area contributed by atoms with Crippen LogP contribution in [-0.4, -0.2) is 21.5 Å². The number of carbonyl (C=O) groups is 2. The second-order valence-corrected chi connectivity index (χ2v) is 7.08. The molecule has 4 rings (SSSR count). The van der Waals surface area contributed by atoms with Crippen molar-refractivity contribution in [2.24, 2.45) is 0 Å². The van der Waals surface area contributed by atoms with E-state index in [0.717, 1.165) is 11.3 Å². The standard InChI is InChI=1S/C24H17ClN2O3/c1-16(28)17-9-13-21(14-10-17)30-24(29)22-15-27(20-5-3-2-4-6-20)26-23(22)18-7-11-19(25)12-8-18/h2-15H,1H3. The number of aromatic nitrogens is 2. The van der Waals surface area contributed by atoms with E-state index in [1.54, 1.807) is 59.4 Å². The molecule has 0 fully saturated rings. The molecule has 0 atom stereocenters. The number of halogens is 1. The van der Waals surface area contributed by atoms with E-state index in [4.69, 9.17) is 16.3 Å².